The summed E-state index contributed by atoms with van der Waals surface area (Å²) in [6.07, 6.45) is 8.82. The quantitative estimate of drug-likeness (QED) is 0.117. The van der Waals surface area contributed by atoms with E-state index < -0.39 is 0 Å². The van der Waals surface area contributed by atoms with Crippen molar-refractivity contribution >= 4 is 61.0 Å². The van der Waals surface area contributed by atoms with Gasteiger partial charge in [0.25, 0.3) is 0 Å². The number of hydrogen-bond donors (Lipinski definition) is 0. The fourth-order valence-corrected chi connectivity index (χ4v) is 19.8. The molecule has 0 N–H and O–H groups in total. The first-order chi connectivity index (χ1) is 28.2. The number of carbonyl (C=O) groups excluding carboxylic acids is 1. The van der Waals surface area contributed by atoms with Gasteiger partial charge >= 0.3 is 5.97 Å². The molecule has 4 fully saturated rings. The van der Waals surface area contributed by atoms with Gasteiger partial charge in [-0.1, -0.05) is 42.5 Å². The van der Waals surface area contributed by atoms with Crippen molar-refractivity contribution in [1.29, 1.82) is 0 Å². The van der Waals surface area contributed by atoms with E-state index in [9.17, 15) is 4.79 Å². The van der Waals surface area contributed by atoms with Crippen LogP contribution in [0, 0.1) is 17.3 Å². The van der Waals surface area contributed by atoms with Crippen LogP contribution in [0.5, 0.6) is 0 Å². The minimum atomic E-state index is -0.256. The first-order valence-corrected chi connectivity index (χ1v) is 21.5. The number of esters is 1. The second-order valence-electron chi connectivity index (χ2n) is 20.5. The van der Waals surface area contributed by atoms with E-state index in [2.05, 4.69) is 53.9 Å². The molecule has 0 aliphatic heterocycles. The second kappa shape index (κ2) is 6.08. The molecule has 0 radical (unpaired) electrons. The maximum absolute atomic E-state index is 13.1. The molecule has 7 atom stereocenters. The Kier molecular flexibility index (Phi) is 2.61. The lowest BCUT2D eigenvalue weighted by atomic mass is 9.56. The molecule has 7 unspecified atom stereocenters. The third-order valence-corrected chi connectivity index (χ3v) is 20.1. The number of ether oxygens (including phenoxy) is 1. The van der Waals surface area contributed by atoms with E-state index >= 15 is 0 Å². The van der Waals surface area contributed by atoms with Gasteiger partial charge in [-0.2, -0.15) is 0 Å². The Morgan fingerprint density at radius 2 is 1.40 bits per heavy atom. The first-order valence-electron chi connectivity index (χ1n) is 21.5. The van der Waals surface area contributed by atoms with Gasteiger partial charge < -0.3 is 4.74 Å². The van der Waals surface area contributed by atoms with Gasteiger partial charge in [0.05, 0.1) is 7.11 Å². The fourth-order valence-electron chi connectivity index (χ4n) is 19.8. The lowest BCUT2D eigenvalue weighted by Gasteiger charge is -2.46. The first kappa shape index (κ1) is 24.5. The van der Waals surface area contributed by atoms with Gasteiger partial charge in [0.15, 0.2) is 0 Å². The Hall–Kier alpha value is -6.17. The van der Waals surface area contributed by atoms with Crippen molar-refractivity contribution in [1.82, 2.24) is 0 Å². The highest BCUT2D eigenvalue weighted by Crippen LogP contribution is 3.01. The van der Waals surface area contributed by atoms with Gasteiger partial charge in [-0.3, -0.25) is 4.79 Å². The van der Waals surface area contributed by atoms with E-state index in [-0.39, 0.29) is 22.2 Å². The lowest BCUT2D eigenvalue weighted by molar-refractivity contribution is -0.140. The summed E-state index contributed by atoms with van der Waals surface area (Å²) in [5.74, 6) is 1.62. The van der Waals surface area contributed by atoms with Gasteiger partial charge in [-0.15, -0.1) is 11.5 Å². The number of allylic oxidation sites excluding steroid dienone is 18. The molecule has 2 nitrogen and oxygen atoms in total. The van der Waals surface area contributed by atoms with Crippen LogP contribution in [-0.4, -0.2) is 13.1 Å². The van der Waals surface area contributed by atoms with Crippen molar-refractivity contribution in [2.45, 2.75) is 48.3 Å². The van der Waals surface area contributed by atoms with Gasteiger partial charge in [-0.25, -0.2) is 0 Å². The molecule has 0 aromatic heterocycles. The van der Waals surface area contributed by atoms with E-state index in [0.717, 1.165) is 19.3 Å². The van der Waals surface area contributed by atoms with Gasteiger partial charge in [0.1, 0.15) is 0 Å². The molecular weight excluding hydrogens is 693 g/mol. The van der Waals surface area contributed by atoms with Crippen molar-refractivity contribution < 1.29 is 9.53 Å². The summed E-state index contributed by atoms with van der Waals surface area (Å²) in [7, 11) is 1.56. The normalized spacial score (nSPS) is 36.9. The fraction of sp³-hybridized carbons (Fsp3) is 0.218. The minimum absolute atomic E-state index is 0.0931. The van der Waals surface area contributed by atoms with Crippen LogP contribution in [0.25, 0.3) is 55.0 Å². The van der Waals surface area contributed by atoms with Gasteiger partial charge in [-0.05, 0) is 163 Å². The number of benzene rings is 4. The average Bonchev–Trinajstić information content (AvgIpc) is 4.05. The molecular formula is C55H22O2. The predicted octanol–water partition coefficient (Wildman–Crippen LogP) is 10.2. The summed E-state index contributed by atoms with van der Waals surface area (Å²) in [5.41, 5.74) is 54.4. The number of hydrogen-bond acceptors (Lipinski definition) is 2. The summed E-state index contributed by atoms with van der Waals surface area (Å²) < 4.78 is 5.35. The number of fused-ring (bicyclic) bond motifs is 4. The van der Waals surface area contributed by atoms with Crippen LogP contribution in [-0.2, 0) is 20.4 Å². The Balaban J connectivity index is 1.10. The second-order valence-corrected chi connectivity index (χ2v) is 20.5. The highest BCUT2D eigenvalue weighted by Gasteiger charge is 2.97. The van der Waals surface area contributed by atoms with Crippen LogP contribution >= 0.6 is 0 Å². The van der Waals surface area contributed by atoms with E-state index in [1.54, 1.807) is 162 Å². The smallest absolute Gasteiger partial charge is 0.305 e. The largest absolute Gasteiger partial charge is 0.469 e. The van der Waals surface area contributed by atoms with Crippen molar-refractivity contribution in [2.24, 2.45) is 17.3 Å². The van der Waals surface area contributed by atoms with Crippen molar-refractivity contribution in [3.05, 3.63) is 182 Å². The van der Waals surface area contributed by atoms with Crippen molar-refractivity contribution in [3.8, 4) is 0 Å². The van der Waals surface area contributed by atoms with Crippen LogP contribution in [0.15, 0.2) is 121 Å². The Bertz CT molecular complexity index is 3980. The van der Waals surface area contributed by atoms with Gasteiger partial charge in [0.2, 0.25) is 0 Å². The minimum Gasteiger partial charge on any atom is -0.469 e. The number of rotatable bonds is 5. The molecule has 2 heteroatoms. The summed E-state index contributed by atoms with van der Waals surface area (Å²) in [6.45, 7) is 0. The van der Waals surface area contributed by atoms with E-state index in [4.69, 9.17) is 4.74 Å². The van der Waals surface area contributed by atoms with Crippen molar-refractivity contribution in [3.63, 3.8) is 0 Å². The SMILES string of the molecule is COC(=O)CCCC1(c2ccccc2)C23C4=C5C6=C=C4C4=C=C7C8=C9C%10=CC%11C=C%12CC%13=C6c6c5c5c%14c%15c%16c%17c%18c(c8c(c(c%18%14)C521)C7=C43)C9C%10=C%17C%11C%16=C%12C%13c6%15. The zero-order valence-electron chi connectivity index (χ0n) is 30.5. The Morgan fingerprint density at radius 1 is 0.702 bits per heavy atom. The standard InChI is InChI=1S/C55H22O2/c1-57-24(56)8-5-9-53(17-6-3-2-4-7-17)54-49-18-13-22-27-20-11-15-10-16-12-21-29-30-23-14-19(18)50(54)33(23)46-39(30)42-37(29)31(21)35-26(16)34-25(15)28(20)38-36(27)45(32(22)49)51-47-43(38)40(34)41(35)44(42)48(47)52(46)55(51,53)54/h2-4,6-7,10,12,16,26,28,37H,5,8-9,11H2,1H3. The molecule has 0 bridgehead atoms. The summed E-state index contributed by atoms with van der Waals surface area (Å²) in [5, 5.41) is 6.65. The molecule has 18 aliphatic rings. The maximum Gasteiger partial charge on any atom is 0.305 e. The average molecular weight is 715 g/mol. The molecule has 18 aliphatic carbocycles. The molecule has 254 valence electrons. The molecule has 0 saturated heterocycles. The van der Waals surface area contributed by atoms with Crippen LogP contribution in [0.3, 0.4) is 0 Å². The van der Waals surface area contributed by atoms with Crippen LogP contribution in [0.2, 0.25) is 0 Å². The predicted molar refractivity (Wildman–Crippen MR) is 214 cm³/mol. The number of methoxy groups -OCH3 is 1. The third kappa shape index (κ3) is 1.52. The molecule has 0 amide bonds. The molecule has 0 heterocycles. The van der Waals surface area contributed by atoms with E-state index in [0.29, 0.717) is 30.1 Å². The number of carbonyl (C=O) groups is 1. The topological polar surface area (TPSA) is 26.3 Å². The van der Waals surface area contributed by atoms with E-state index in [1.807, 2.05) is 0 Å². The van der Waals surface area contributed by atoms with Crippen LogP contribution in [0.4, 0.5) is 0 Å². The zero-order valence-corrected chi connectivity index (χ0v) is 30.5. The highest BCUT2D eigenvalue weighted by molar-refractivity contribution is 6.40. The zero-order chi connectivity index (χ0) is 35.3. The van der Waals surface area contributed by atoms with Crippen molar-refractivity contribution in [2.75, 3.05) is 7.11 Å². The van der Waals surface area contributed by atoms with Crippen LogP contribution < -0.4 is 0 Å². The molecule has 57 heavy (non-hydrogen) atoms. The third-order valence-electron chi connectivity index (χ3n) is 20.1. The molecule has 4 aromatic carbocycles. The molecule has 4 saturated carbocycles. The summed E-state index contributed by atoms with van der Waals surface area (Å²) in [4.78, 5) is 13.1. The Labute approximate surface area is 324 Å². The lowest BCUT2D eigenvalue weighted by Crippen LogP contribution is -2.32. The Morgan fingerprint density at radius 3 is 2.16 bits per heavy atom. The maximum atomic E-state index is 13.1. The highest BCUT2D eigenvalue weighted by atomic mass is 16.5. The summed E-state index contributed by atoms with van der Waals surface area (Å²) >= 11 is 0. The van der Waals surface area contributed by atoms with Gasteiger partial charge in [0, 0.05) is 85.3 Å². The molecule has 2 spiro atoms. The van der Waals surface area contributed by atoms with Crippen LogP contribution in [0.1, 0.15) is 98.7 Å². The molecule has 4 aromatic rings. The van der Waals surface area contributed by atoms with E-state index in [1.165, 1.54) is 27.9 Å². The monoisotopic (exact) mass is 714 g/mol. The summed E-state index contributed by atoms with van der Waals surface area (Å²) in [6, 6.07) is 11.7. The molecule has 22 rings (SSSR count).